The first-order valence-electron chi connectivity index (χ1n) is 4.71. The molecule has 0 fully saturated rings. The van der Waals surface area contributed by atoms with Gasteiger partial charge in [-0.3, -0.25) is 0 Å². The van der Waals surface area contributed by atoms with E-state index in [1.54, 1.807) is 0 Å². The van der Waals surface area contributed by atoms with E-state index < -0.39 is 0 Å². The van der Waals surface area contributed by atoms with Gasteiger partial charge in [0.05, 0.1) is 0 Å². The van der Waals surface area contributed by atoms with Gasteiger partial charge in [-0.05, 0) is 23.0 Å². The van der Waals surface area contributed by atoms with Gasteiger partial charge in [-0.15, -0.1) is 0 Å². The summed E-state index contributed by atoms with van der Waals surface area (Å²) in [5, 5.41) is 0. The second-order valence-corrected chi connectivity index (χ2v) is 3.94. The van der Waals surface area contributed by atoms with Crippen LogP contribution in [0.25, 0.3) is 0 Å². The third-order valence-corrected chi connectivity index (χ3v) is 2.24. The average molecular weight is 179 g/mol. The number of rotatable bonds is 2. The molecule has 0 spiro atoms. The van der Waals surface area contributed by atoms with Crippen molar-refractivity contribution in [3.05, 3.63) is 35.4 Å². The van der Waals surface area contributed by atoms with Crippen LogP contribution in [0.2, 0.25) is 0 Å². The van der Waals surface area contributed by atoms with E-state index in [1.807, 2.05) is 0 Å². The summed E-state index contributed by atoms with van der Waals surface area (Å²) >= 11 is 0. The van der Waals surface area contributed by atoms with Crippen LogP contribution in [0.1, 0.15) is 50.7 Å². The van der Waals surface area contributed by atoms with Crippen molar-refractivity contribution >= 4 is 0 Å². The van der Waals surface area contributed by atoms with Crippen LogP contribution in [0.3, 0.4) is 0 Å². The predicted octanol–water partition coefficient (Wildman–Crippen LogP) is 4.10. The molecule has 1 aromatic carbocycles. The van der Waals surface area contributed by atoms with Gasteiger partial charge in [-0.25, -0.2) is 0 Å². The van der Waals surface area contributed by atoms with Gasteiger partial charge in [0.1, 0.15) is 0 Å². The second kappa shape index (κ2) is 5.03. The van der Waals surface area contributed by atoms with Gasteiger partial charge in [0.2, 0.25) is 0 Å². The molecule has 0 atom stereocenters. The maximum absolute atomic E-state index is 2.25. The van der Waals surface area contributed by atoms with Gasteiger partial charge in [0.25, 0.3) is 0 Å². The lowest BCUT2D eigenvalue weighted by Gasteiger charge is -2.14. The van der Waals surface area contributed by atoms with Crippen LogP contribution in [-0.2, 0) is 0 Å². The summed E-state index contributed by atoms with van der Waals surface area (Å²) in [5.74, 6) is 1.28. The molecule has 1 heteroatoms. The molecule has 74 valence electrons. The fourth-order valence-electron chi connectivity index (χ4n) is 1.56. The molecule has 0 saturated heterocycles. The normalized spacial score (nSPS) is 10.3. The lowest BCUT2D eigenvalue weighted by Crippen LogP contribution is -1.97. The summed E-state index contributed by atoms with van der Waals surface area (Å²) in [6.45, 7) is 9.00. The van der Waals surface area contributed by atoms with E-state index in [0.717, 1.165) is 0 Å². The van der Waals surface area contributed by atoms with Crippen molar-refractivity contribution in [2.75, 3.05) is 0 Å². The largest absolute Gasteiger partial charge is 0.344 e. The zero-order valence-electron chi connectivity index (χ0n) is 9.17. The number of hydrogen-bond acceptors (Lipinski definition) is 1. The van der Waals surface area contributed by atoms with Gasteiger partial charge >= 0.3 is 0 Å². The topological polar surface area (TPSA) is 35.0 Å². The summed E-state index contributed by atoms with van der Waals surface area (Å²) in [5.41, 5.74) is 2.99. The molecule has 1 aromatic rings. The van der Waals surface area contributed by atoms with Gasteiger partial charge in [0, 0.05) is 0 Å². The summed E-state index contributed by atoms with van der Waals surface area (Å²) in [6, 6.07) is 8.72. The summed E-state index contributed by atoms with van der Waals surface area (Å²) in [7, 11) is 0. The summed E-state index contributed by atoms with van der Waals surface area (Å²) in [6.07, 6.45) is 0. The van der Waals surface area contributed by atoms with Gasteiger partial charge in [-0.2, -0.15) is 0 Å². The lowest BCUT2D eigenvalue weighted by atomic mass is 9.91. The van der Waals surface area contributed by atoms with Crippen LogP contribution in [-0.4, -0.2) is 0 Å². The van der Waals surface area contributed by atoms with Crippen LogP contribution < -0.4 is 6.15 Å². The molecular weight excluding hydrogens is 158 g/mol. The Balaban J connectivity index is 0.00000144. The Bertz CT molecular complexity index is 224. The van der Waals surface area contributed by atoms with Crippen LogP contribution in [0.4, 0.5) is 0 Å². The fraction of sp³-hybridized carbons (Fsp3) is 0.500. The smallest absolute Gasteiger partial charge is 0.0216 e. The van der Waals surface area contributed by atoms with Crippen LogP contribution in [0, 0.1) is 0 Å². The predicted molar refractivity (Wildman–Crippen MR) is 59.6 cm³/mol. The maximum atomic E-state index is 2.25. The third-order valence-electron chi connectivity index (χ3n) is 2.24. The summed E-state index contributed by atoms with van der Waals surface area (Å²) in [4.78, 5) is 0. The highest BCUT2D eigenvalue weighted by Crippen LogP contribution is 2.25. The average Bonchev–Trinajstić information content (AvgIpc) is 2.04. The fourth-order valence-corrected chi connectivity index (χ4v) is 1.56. The first kappa shape index (κ1) is 12.2. The highest BCUT2D eigenvalue weighted by atomic mass is 14.1. The van der Waals surface area contributed by atoms with E-state index in [9.17, 15) is 0 Å². The van der Waals surface area contributed by atoms with E-state index in [4.69, 9.17) is 0 Å². The van der Waals surface area contributed by atoms with E-state index in [2.05, 4.69) is 52.0 Å². The van der Waals surface area contributed by atoms with Crippen molar-refractivity contribution in [2.24, 2.45) is 0 Å². The molecule has 1 rings (SSSR count). The molecule has 0 aliphatic carbocycles. The molecule has 0 aromatic heterocycles. The first-order valence-corrected chi connectivity index (χ1v) is 4.71. The van der Waals surface area contributed by atoms with Crippen LogP contribution >= 0.6 is 0 Å². The zero-order valence-corrected chi connectivity index (χ0v) is 9.17. The monoisotopic (exact) mass is 179 g/mol. The lowest BCUT2D eigenvalue weighted by molar-refractivity contribution is 0.790. The molecule has 13 heavy (non-hydrogen) atoms. The van der Waals surface area contributed by atoms with E-state index in [-0.39, 0.29) is 6.15 Å². The molecular formula is C12H21N. The molecule has 0 bridgehead atoms. The quantitative estimate of drug-likeness (QED) is 0.729. The minimum absolute atomic E-state index is 0. The zero-order chi connectivity index (χ0) is 9.14. The van der Waals surface area contributed by atoms with Crippen molar-refractivity contribution in [3.8, 4) is 0 Å². The Labute approximate surface area is 81.8 Å². The van der Waals surface area contributed by atoms with Gasteiger partial charge in [0.15, 0.2) is 0 Å². The summed E-state index contributed by atoms with van der Waals surface area (Å²) < 4.78 is 0. The number of benzene rings is 1. The van der Waals surface area contributed by atoms with Crippen molar-refractivity contribution in [1.82, 2.24) is 6.15 Å². The Morgan fingerprint density at radius 1 is 0.769 bits per heavy atom. The van der Waals surface area contributed by atoms with Gasteiger partial charge in [-0.1, -0.05) is 52.0 Å². The maximum Gasteiger partial charge on any atom is -0.0216 e. The Morgan fingerprint density at radius 3 is 1.31 bits per heavy atom. The molecule has 0 radical (unpaired) electrons. The molecule has 0 saturated carbocycles. The van der Waals surface area contributed by atoms with Crippen molar-refractivity contribution in [3.63, 3.8) is 0 Å². The van der Waals surface area contributed by atoms with Crippen molar-refractivity contribution in [2.45, 2.75) is 39.5 Å². The Morgan fingerprint density at radius 2 is 1.08 bits per heavy atom. The third kappa shape index (κ3) is 2.85. The highest BCUT2D eigenvalue weighted by molar-refractivity contribution is 5.31. The molecule has 0 amide bonds. The molecule has 3 N–H and O–H groups in total. The molecule has 0 aliphatic rings. The molecule has 0 heterocycles. The van der Waals surface area contributed by atoms with E-state index >= 15 is 0 Å². The number of hydrogen-bond donors (Lipinski definition) is 1. The Hall–Kier alpha value is -0.820. The SMILES string of the molecule is CC(C)c1ccccc1C(C)C.N. The second-order valence-electron chi connectivity index (χ2n) is 3.94. The Kier molecular flexibility index (Phi) is 4.71. The molecule has 0 aliphatic heterocycles. The minimum Gasteiger partial charge on any atom is -0.344 e. The van der Waals surface area contributed by atoms with Crippen molar-refractivity contribution in [1.29, 1.82) is 0 Å². The highest BCUT2D eigenvalue weighted by Gasteiger charge is 2.07. The standard InChI is InChI=1S/C12H18.H3N/c1-9(2)11-7-5-6-8-12(11)10(3)4;/h5-10H,1-4H3;1H3. The van der Waals surface area contributed by atoms with E-state index in [0.29, 0.717) is 11.8 Å². The van der Waals surface area contributed by atoms with Crippen molar-refractivity contribution < 1.29 is 0 Å². The first-order chi connectivity index (χ1) is 5.63. The minimum atomic E-state index is 0. The van der Waals surface area contributed by atoms with Crippen LogP contribution in [0.5, 0.6) is 0 Å². The van der Waals surface area contributed by atoms with Gasteiger partial charge < -0.3 is 6.15 Å². The van der Waals surface area contributed by atoms with E-state index in [1.165, 1.54) is 11.1 Å². The van der Waals surface area contributed by atoms with Crippen LogP contribution in [0.15, 0.2) is 24.3 Å². The molecule has 0 unspecified atom stereocenters. The molecule has 1 nitrogen and oxygen atoms in total.